The van der Waals surface area contributed by atoms with Crippen molar-refractivity contribution in [1.82, 2.24) is 0 Å². The number of hydrogen-bond acceptors (Lipinski definition) is 2. The highest BCUT2D eigenvalue weighted by Gasteiger charge is 2.11. The van der Waals surface area contributed by atoms with Crippen LogP contribution in [0.1, 0.15) is 15.9 Å². The van der Waals surface area contributed by atoms with Gasteiger partial charge in [0.15, 0.2) is 0 Å². The molecule has 1 atom stereocenters. The lowest BCUT2D eigenvalue weighted by Gasteiger charge is -2.04. The minimum Gasteiger partial charge on any atom is -0.266 e. The zero-order valence-corrected chi connectivity index (χ0v) is 11.3. The van der Waals surface area contributed by atoms with Gasteiger partial charge in [-0.05, 0) is 31.2 Å². The van der Waals surface area contributed by atoms with Gasteiger partial charge in [0.1, 0.15) is 9.92 Å². The van der Waals surface area contributed by atoms with Gasteiger partial charge in [0.25, 0.3) is 5.91 Å². The van der Waals surface area contributed by atoms with Crippen molar-refractivity contribution in [2.45, 2.75) is 11.8 Å². The van der Waals surface area contributed by atoms with Crippen molar-refractivity contribution in [1.29, 1.82) is 0 Å². The van der Waals surface area contributed by atoms with Crippen LogP contribution in [0.2, 0.25) is 0 Å². The molecular formula is C14H14N2O2S. The predicted octanol–water partition coefficient (Wildman–Crippen LogP) is 2.54. The Balaban J connectivity index is 2.39. The lowest BCUT2D eigenvalue weighted by Crippen LogP contribution is -2.15. The first-order chi connectivity index (χ1) is 8.99. The summed E-state index contributed by atoms with van der Waals surface area (Å²) in [5.74, 6) is -0.575. The Morgan fingerprint density at radius 3 is 2.21 bits per heavy atom. The molecular weight excluding hydrogens is 260 g/mol. The van der Waals surface area contributed by atoms with Gasteiger partial charge in [0, 0.05) is 5.56 Å². The Labute approximate surface area is 112 Å². The van der Waals surface area contributed by atoms with Crippen molar-refractivity contribution in [3.05, 3.63) is 65.7 Å². The van der Waals surface area contributed by atoms with Crippen molar-refractivity contribution in [3.8, 4) is 0 Å². The Morgan fingerprint density at radius 1 is 1.05 bits per heavy atom. The Bertz CT molecular complexity index is 700. The molecule has 0 aliphatic heterocycles. The van der Waals surface area contributed by atoms with Crippen LogP contribution in [-0.2, 0) is 9.92 Å². The van der Waals surface area contributed by atoms with Crippen molar-refractivity contribution >= 4 is 15.8 Å². The number of nitrogens with two attached hydrogens (primary N) is 1. The molecule has 0 aliphatic rings. The highest BCUT2D eigenvalue weighted by molar-refractivity contribution is 7.91. The quantitative estimate of drug-likeness (QED) is 0.914. The normalized spacial score (nSPS) is 13.6. The standard InChI is InChI=1S/C14H14N2O2S/c1-11-7-9-13(10-8-11)19(15,18)16-14(17)12-5-3-2-4-6-12/h2-10H,1H3,(H2,15,16,17,18). The van der Waals surface area contributed by atoms with E-state index in [4.69, 9.17) is 5.14 Å². The maximum atomic E-state index is 12.3. The molecule has 1 amide bonds. The average molecular weight is 274 g/mol. The van der Waals surface area contributed by atoms with Gasteiger partial charge >= 0.3 is 0 Å². The number of aryl methyl sites for hydroxylation is 1. The molecule has 19 heavy (non-hydrogen) atoms. The molecule has 4 nitrogen and oxygen atoms in total. The molecule has 0 radical (unpaired) electrons. The van der Waals surface area contributed by atoms with Crippen LogP contribution < -0.4 is 5.14 Å². The van der Waals surface area contributed by atoms with E-state index in [1.165, 1.54) is 0 Å². The first-order valence-electron chi connectivity index (χ1n) is 5.70. The molecule has 2 aromatic carbocycles. The number of carbonyl (C=O) groups excluding carboxylic acids is 1. The highest BCUT2D eigenvalue weighted by Crippen LogP contribution is 2.12. The first kappa shape index (κ1) is 13.5. The zero-order valence-electron chi connectivity index (χ0n) is 10.4. The monoisotopic (exact) mass is 274 g/mol. The number of nitrogens with zero attached hydrogens (tertiary/aromatic N) is 1. The fraction of sp³-hybridized carbons (Fsp3) is 0.0714. The molecule has 98 valence electrons. The van der Waals surface area contributed by atoms with Gasteiger partial charge < -0.3 is 0 Å². The van der Waals surface area contributed by atoms with Crippen LogP contribution >= 0.6 is 0 Å². The van der Waals surface area contributed by atoms with E-state index in [0.717, 1.165) is 5.56 Å². The maximum absolute atomic E-state index is 12.3. The van der Waals surface area contributed by atoms with Crippen molar-refractivity contribution in [3.63, 3.8) is 0 Å². The van der Waals surface area contributed by atoms with Gasteiger partial charge in [-0.25, -0.2) is 9.35 Å². The number of amides is 1. The second-order valence-corrected chi connectivity index (χ2v) is 5.94. The Morgan fingerprint density at radius 2 is 1.63 bits per heavy atom. The van der Waals surface area contributed by atoms with Crippen molar-refractivity contribution in [2.24, 2.45) is 9.50 Å². The van der Waals surface area contributed by atoms with Gasteiger partial charge in [0.2, 0.25) is 0 Å². The minimum atomic E-state index is -3.20. The summed E-state index contributed by atoms with van der Waals surface area (Å²) in [5, 5.41) is 5.67. The third-order valence-electron chi connectivity index (χ3n) is 2.60. The lowest BCUT2D eigenvalue weighted by atomic mass is 10.2. The van der Waals surface area contributed by atoms with E-state index < -0.39 is 15.8 Å². The molecule has 0 fully saturated rings. The molecule has 0 saturated carbocycles. The molecule has 2 N–H and O–H groups in total. The maximum Gasteiger partial charge on any atom is 0.286 e. The van der Waals surface area contributed by atoms with E-state index in [1.54, 1.807) is 54.6 Å². The topological polar surface area (TPSA) is 72.5 Å². The first-order valence-corrected chi connectivity index (χ1v) is 7.28. The fourth-order valence-electron chi connectivity index (χ4n) is 1.54. The highest BCUT2D eigenvalue weighted by atomic mass is 32.2. The molecule has 0 heterocycles. The third-order valence-corrected chi connectivity index (χ3v) is 3.98. The summed E-state index contributed by atoms with van der Waals surface area (Å²) in [7, 11) is -3.20. The van der Waals surface area contributed by atoms with E-state index >= 15 is 0 Å². The fourth-order valence-corrected chi connectivity index (χ4v) is 2.53. The van der Waals surface area contributed by atoms with E-state index in [1.807, 2.05) is 6.92 Å². The number of carbonyl (C=O) groups is 1. The van der Waals surface area contributed by atoms with Crippen LogP contribution in [0.15, 0.2) is 63.9 Å². The predicted molar refractivity (Wildman–Crippen MR) is 75.0 cm³/mol. The molecule has 0 bridgehead atoms. The van der Waals surface area contributed by atoms with Crippen molar-refractivity contribution < 1.29 is 9.00 Å². The van der Waals surface area contributed by atoms with Crippen LogP contribution in [0.25, 0.3) is 0 Å². The molecule has 2 aromatic rings. The molecule has 0 aliphatic carbocycles. The summed E-state index contributed by atoms with van der Waals surface area (Å²) in [6, 6.07) is 15.2. The molecule has 0 saturated heterocycles. The molecule has 1 unspecified atom stereocenters. The second kappa shape index (κ2) is 5.34. The lowest BCUT2D eigenvalue weighted by molar-refractivity contribution is 0.100. The van der Waals surface area contributed by atoms with Gasteiger partial charge in [-0.3, -0.25) is 4.79 Å². The SMILES string of the molecule is Cc1ccc(S(N)(=O)=NC(=O)c2ccccc2)cc1. The minimum absolute atomic E-state index is 0.349. The molecule has 0 spiro atoms. The van der Waals surface area contributed by atoms with Crippen molar-refractivity contribution in [2.75, 3.05) is 0 Å². The van der Waals surface area contributed by atoms with Gasteiger partial charge in [-0.15, -0.1) is 4.36 Å². The largest absolute Gasteiger partial charge is 0.286 e. The Hall–Kier alpha value is -1.98. The Kier molecular flexibility index (Phi) is 3.78. The smallest absolute Gasteiger partial charge is 0.266 e. The summed E-state index contributed by atoms with van der Waals surface area (Å²) < 4.78 is 15.9. The van der Waals surface area contributed by atoms with Gasteiger partial charge in [0.05, 0.1) is 4.90 Å². The number of rotatable bonds is 2. The number of hydrogen-bond donors (Lipinski definition) is 1. The summed E-state index contributed by atoms with van der Waals surface area (Å²) in [4.78, 5) is 12.2. The third kappa shape index (κ3) is 3.27. The summed E-state index contributed by atoms with van der Waals surface area (Å²) in [6.07, 6.45) is 0. The second-order valence-electron chi connectivity index (χ2n) is 4.14. The molecule has 0 aromatic heterocycles. The van der Waals surface area contributed by atoms with Crippen LogP contribution in [0, 0.1) is 6.92 Å². The van der Waals surface area contributed by atoms with E-state index in [0.29, 0.717) is 10.5 Å². The van der Waals surface area contributed by atoms with Crippen LogP contribution in [0.3, 0.4) is 0 Å². The average Bonchev–Trinajstić information content (AvgIpc) is 2.40. The summed E-state index contributed by atoms with van der Waals surface area (Å²) in [6.45, 7) is 1.91. The summed E-state index contributed by atoms with van der Waals surface area (Å²) >= 11 is 0. The number of benzene rings is 2. The van der Waals surface area contributed by atoms with E-state index in [9.17, 15) is 9.00 Å². The zero-order chi connectivity index (χ0) is 13.9. The van der Waals surface area contributed by atoms with Crippen LogP contribution in [-0.4, -0.2) is 10.1 Å². The summed E-state index contributed by atoms with van der Waals surface area (Å²) in [5.41, 5.74) is 1.39. The van der Waals surface area contributed by atoms with Crippen LogP contribution in [0.5, 0.6) is 0 Å². The molecule has 5 heteroatoms. The van der Waals surface area contributed by atoms with Gasteiger partial charge in [-0.2, -0.15) is 0 Å². The van der Waals surface area contributed by atoms with Gasteiger partial charge in [-0.1, -0.05) is 35.9 Å². The van der Waals surface area contributed by atoms with Crippen LogP contribution in [0.4, 0.5) is 0 Å². The van der Waals surface area contributed by atoms with E-state index in [2.05, 4.69) is 4.36 Å². The molecule has 2 rings (SSSR count). The van der Waals surface area contributed by atoms with E-state index in [-0.39, 0.29) is 0 Å².